The van der Waals surface area contributed by atoms with Crippen LogP contribution in [0.25, 0.3) is 0 Å². The molecule has 0 radical (unpaired) electrons. The van der Waals surface area contributed by atoms with E-state index in [2.05, 4.69) is 23.8 Å². The SMILES string of the molecule is Cc1cc(C(NN)C2CCCCC2)cs1. The van der Waals surface area contributed by atoms with Gasteiger partial charge in [-0.3, -0.25) is 11.3 Å². The van der Waals surface area contributed by atoms with Crippen LogP contribution in [0.5, 0.6) is 0 Å². The van der Waals surface area contributed by atoms with Gasteiger partial charge in [-0.1, -0.05) is 19.3 Å². The Bertz CT molecular complexity index is 302. The Balaban J connectivity index is 2.08. The number of nitrogens with two attached hydrogens (primary N) is 1. The van der Waals surface area contributed by atoms with Gasteiger partial charge >= 0.3 is 0 Å². The Morgan fingerprint density at radius 1 is 1.40 bits per heavy atom. The maximum atomic E-state index is 5.70. The van der Waals surface area contributed by atoms with Crippen LogP contribution in [0.3, 0.4) is 0 Å². The fraction of sp³-hybridized carbons (Fsp3) is 0.667. The molecule has 2 rings (SSSR count). The molecule has 0 amide bonds. The smallest absolute Gasteiger partial charge is 0.0496 e. The Labute approximate surface area is 95.8 Å². The van der Waals surface area contributed by atoms with Crippen molar-refractivity contribution in [3.8, 4) is 0 Å². The first-order valence-electron chi connectivity index (χ1n) is 5.82. The van der Waals surface area contributed by atoms with Crippen molar-refractivity contribution in [3.63, 3.8) is 0 Å². The van der Waals surface area contributed by atoms with Gasteiger partial charge in [-0.05, 0) is 42.7 Å². The van der Waals surface area contributed by atoms with Crippen molar-refractivity contribution in [1.82, 2.24) is 5.43 Å². The molecule has 1 atom stereocenters. The molecule has 1 aromatic heterocycles. The number of hydrogen-bond acceptors (Lipinski definition) is 3. The van der Waals surface area contributed by atoms with Crippen LogP contribution in [-0.4, -0.2) is 0 Å². The molecule has 0 aromatic carbocycles. The minimum atomic E-state index is 0.371. The van der Waals surface area contributed by atoms with E-state index in [1.807, 2.05) is 11.3 Å². The third-order valence-corrected chi connectivity index (χ3v) is 4.29. The van der Waals surface area contributed by atoms with Crippen LogP contribution in [0.15, 0.2) is 11.4 Å². The molecule has 0 saturated heterocycles. The zero-order chi connectivity index (χ0) is 10.7. The lowest BCUT2D eigenvalue weighted by Crippen LogP contribution is -2.34. The number of aryl methyl sites for hydroxylation is 1. The Kier molecular flexibility index (Phi) is 3.78. The highest BCUT2D eigenvalue weighted by Crippen LogP contribution is 2.35. The van der Waals surface area contributed by atoms with Crippen LogP contribution in [0.4, 0.5) is 0 Å². The zero-order valence-corrected chi connectivity index (χ0v) is 10.1. The summed E-state index contributed by atoms with van der Waals surface area (Å²) < 4.78 is 0. The summed E-state index contributed by atoms with van der Waals surface area (Å²) in [5.74, 6) is 6.43. The van der Waals surface area contributed by atoms with Gasteiger partial charge in [0.2, 0.25) is 0 Å². The maximum absolute atomic E-state index is 5.70. The second kappa shape index (κ2) is 5.10. The lowest BCUT2D eigenvalue weighted by molar-refractivity contribution is 0.274. The van der Waals surface area contributed by atoms with Gasteiger partial charge in [0.15, 0.2) is 0 Å². The first-order chi connectivity index (χ1) is 7.31. The molecule has 1 aliphatic rings. The summed E-state index contributed by atoms with van der Waals surface area (Å²) in [6.07, 6.45) is 6.78. The highest BCUT2D eigenvalue weighted by molar-refractivity contribution is 7.10. The Hall–Kier alpha value is -0.380. The van der Waals surface area contributed by atoms with Crippen molar-refractivity contribution in [3.05, 3.63) is 21.9 Å². The predicted molar refractivity (Wildman–Crippen MR) is 65.7 cm³/mol. The molecular formula is C12H20N2S. The first kappa shape index (κ1) is 11.1. The average molecular weight is 224 g/mol. The zero-order valence-electron chi connectivity index (χ0n) is 9.33. The topological polar surface area (TPSA) is 38.0 Å². The van der Waals surface area contributed by atoms with Crippen LogP contribution in [0.1, 0.15) is 48.6 Å². The maximum Gasteiger partial charge on any atom is 0.0496 e. The molecule has 84 valence electrons. The largest absolute Gasteiger partial charge is 0.271 e. The van der Waals surface area contributed by atoms with Gasteiger partial charge in [-0.15, -0.1) is 11.3 Å². The quantitative estimate of drug-likeness (QED) is 0.611. The van der Waals surface area contributed by atoms with Crippen molar-refractivity contribution >= 4 is 11.3 Å². The standard InChI is InChI=1S/C12H20N2S/c1-9-7-11(8-15-9)12(14-13)10-5-3-2-4-6-10/h7-8,10,12,14H,2-6,13H2,1H3. The van der Waals surface area contributed by atoms with Crippen molar-refractivity contribution in [2.75, 3.05) is 0 Å². The minimum absolute atomic E-state index is 0.371. The van der Waals surface area contributed by atoms with E-state index in [9.17, 15) is 0 Å². The molecule has 1 aromatic rings. The molecule has 0 aliphatic heterocycles. The first-order valence-corrected chi connectivity index (χ1v) is 6.70. The van der Waals surface area contributed by atoms with Crippen molar-refractivity contribution in [2.24, 2.45) is 11.8 Å². The molecule has 15 heavy (non-hydrogen) atoms. The summed E-state index contributed by atoms with van der Waals surface area (Å²) in [5.41, 5.74) is 4.39. The Morgan fingerprint density at radius 2 is 2.13 bits per heavy atom. The summed E-state index contributed by atoms with van der Waals surface area (Å²) in [4.78, 5) is 1.38. The second-order valence-corrected chi connectivity index (χ2v) is 5.65. The highest BCUT2D eigenvalue weighted by Gasteiger charge is 2.24. The molecule has 0 spiro atoms. The predicted octanol–water partition coefficient (Wildman–Crippen LogP) is 3.14. The van der Waals surface area contributed by atoms with Crippen molar-refractivity contribution < 1.29 is 0 Å². The van der Waals surface area contributed by atoms with Gasteiger partial charge in [0.05, 0.1) is 0 Å². The normalized spacial score (nSPS) is 20.4. The van der Waals surface area contributed by atoms with E-state index >= 15 is 0 Å². The van der Waals surface area contributed by atoms with E-state index in [-0.39, 0.29) is 0 Å². The number of thiophene rings is 1. The van der Waals surface area contributed by atoms with E-state index in [4.69, 9.17) is 5.84 Å². The Morgan fingerprint density at radius 3 is 2.67 bits per heavy atom. The van der Waals surface area contributed by atoms with Gasteiger partial charge in [-0.25, -0.2) is 0 Å². The molecule has 1 fully saturated rings. The fourth-order valence-corrected chi connectivity index (χ4v) is 3.34. The molecule has 3 heteroatoms. The summed E-state index contributed by atoms with van der Waals surface area (Å²) in [6.45, 7) is 2.16. The van der Waals surface area contributed by atoms with Gasteiger partial charge in [0.1, 0.15) is 0 Å². The van der Waals surface area contributed by atoms with Crippen LogP contribution in [-0.2, 0) is 0 Å². The van der Waals surface area contributed by atoms with E-state index < -0.39 is 0 Å². The number of hydrogen-bond donors (Lipinski definition) is 2. The van der Waals surface area contributed by atoms with Crippen LogP contribution in [0, 0.1) is 12.8 Å². The van der Waals surface area contributed by atoms with Gasteiger partial charge in [-0.2, -0.15) is 0 Å². The van der Waals surface area contributed by atoms with Crippen molar-refractivity contribution in [1.29, 1.82) is 0 Å². The molecule has 1 unspecified atom stereocenters. The van der Waals surface area contributed by atoms with Crippen LogP contribution >= 0.6 is 11.3 Å². The monoisotopic (exact) mass is 224 g/mol. The second-order valence-electron chi connectivity index (χ2n) is 4.53. The van der Waals surface area contributed by atoms with E-state index in [0.717, 1.165) is 5.92 Å². The molecule has 1 heterocycles. The molecule has 1 aliphatic carbocycles. The van der Waals surface area contributed by atoms with E-state index in [1.165, 1.54) is 42.5 Å². The molecule has 1 saturated carbocycles. The lowest BCUT2D eigenvalue weighted by atomic mass is 9.82. The van der Waals surface area contributed by atoms with Gasteiger partial charge in [0.25, 0.3) is 0 Å². The van der Waals surface area contributed by atoms with Gasteiger partial charge in [0, 0.05) is 10.9 Å². The fourth-order valence-electron chi connectivity index (χ4n) is 2.60. The van der Waals surface area contributed by atoms with E-state index in [0.29, 0.717) is 6.04 Å². The lowest BCUT2D eigenvalue weighted by Gasteiger charge is -2.29. The summed E-state index contributed by atoms with van der Waals surface area (Å²) >= 11 is 1.82. The summed E-state index contributed by atoms with van der Waals surface area (Å²) in [6, 6.07) is 2.64. The van der Waals surface area contributed by atoms with Crippen LogP contribution < -0.4 is 11.3 Å². The van der Waals surface area contributed by atoms with Crippen molar-refractivity contribution in [2.45, 2.75) is 45.1 Å². The van der Waals surface area contributed by atoms with Gasteiger partial charge < -0.3 is 0 Å². The summed E-state index contributed by atoms with van der Waals surface area (Å²) in [7, 11) is 0. The van der Waals surface area contributed by atoms with Crippen LogP contribution in [0.2, 0.25) is 0 Å². The molecule has 3 N–H and O–H groups in total. The third-order valence-electron chi connectivity index (χ3n) is 3.41. The molecule has 0 bridgehead atoms. The van der Waals surface area contributed by atoms with E-state index in [1.54, 1.807) is 0 Å². The summed E-state index contributed by atoms with van der Waals surface area (Å²) in [5, 5.41) is 2.24. The third kappa shape index (κ3) is 2.60. The number of nitrogens with one attached hydrogen (secondary N) is 1. The number of hydrazine groups is 1. The molecule has 2 nitrogen and oxygen atoms in total. The minimum Gasteiger partial charge on any atom is -0.271 e. The highest BCUT2D eigenvalue weighted by atomic mass is 32.1. The average Bonchev–Trinajstić information content (AvgIpc) is 2.68. The molecular weight excluding hydrogens is 204 g/mol. The number of rotatable bonds is 3.